The van der Waals surface area contributed by atoms with Gasteiger partial charge in [-0.05, 0) is 19.2 Å². The van der Waals surface area contributed by atoms with E-state index in [4.69, 9.17) is 4.52 Å². The van der Waals surface area contributed by atoms with E-state index in [1.165, 1.54) is 12.1 Å². The quantitative estimate of drug-likeness (QED) is 0.681. The molecular weight excluding hydrogens is 370 g/mol. The molecule has 1 unspecified atom stereocenters. The van der Waals surface area contributed by atoms with Gasteiger partial charge in [-0.25, -0.2) is 13.1 Å². The van der Waals surface area contributed by atoms with Crippen molar-refractivity contribution in [2.75, 3.05) is 13.6 Å². The van der Waals surface area contributed by atoms with Crippen LogP contribution in [0.4, 0.5) is 0 Å². The zero-order chi connectivity index (χ0) is 19.0. The number of nitrogens with zero attached hydrogens (tertiary/aromatic N) is 6. The SMILES string of the molecule is CCNS(=O)(=O)c1cccc(-c2noc(C3Cn4cnnc4CN3C)n2)c1. The third-order valence-electron chi connectivity index (χ3n) is 4.45. The minimum absolute atomic E-state index is 0.108. The molecule has 1 N–H and O–H groups in total. The Kier molecular flexibility index (Phi) is 4.50. The molecule has 1 aliphatic heterocycles. The largest absolute Gasteiger partial charge is 0.337 e. The topological polar surface area (TPSA) is 119 Å². The van der Waals surface area contributed by atoms with Crippen molar-refractivity contribution < 1.29 is 12.9 Å². The highest BCUT2D eigenvalue weighted by Crippen LogP contribution is 2.28. The van der Waals surface area contributed by atoms with Gasteiger partial charge in [0.05, 0.1) is 11.4 Å². The maximum atomic E-state index is 12.2. The third kappa shape index (κ3) is 3.36. The first kappa shape index (κ1) is 17.8. The Hall–Kier alpha value is -2.63. The first-order valence-corrected chi connectivity index (χ1v) is 9.97. The molecule has 0 amide bonds. The highest BCUT2D eigenvalue weighted by Gasteiger charge is 2.30. The summed E-state index contributed by atoms with van der Waals surface area (Å²) in [5, 5.41) is 12.0. The highest BCUT2D eigenvalue weighted by molar-refractivity contribution is 7.89. The molecule has 0 bridgehead atoms. The van der Waals surface area contributed by atoms with Crippen LogP contribution in [-0.4, -0.2) is 51.8 Å². The van der Waals surface area contributed by atoms with Crippen LogP contribution in [0.25, 0.3) is 11.4 Å². The van der Waals surface area contributed by atoms with Gasteiger partial charge in [0.1, 0.15) is 18.2 Å². The molecule has 3 heterocycles. The molecule has 1 aromatic carbocycles. The molecule has 142 valence electrons. The Balaban J connectivity index is 1.62. The summed E-state index contributed by atoms with van der Waals surface area (Å²) in [6, 6.07) is 6.37. The minimum atomic E-state index is -3.55. The second kappa shape index (κ2) is 6.83. The average molecular weight is 389 g/mol. The molecule has 0 fully saturated rings. The van der Waals surface area contributed by atoms with E-state index in [9.17, 15) is 8.42 Å². The van der Waals surface area contributed by atoms with Crippen molar-refractivity contribution in [2.45, 2.75) is 31.0 Å². The molecule has 3 aromatic rings. The average Bonchev–Trinajstić information content (AvgIpc) is 3.30. The van der Waals surface area contributed by atoms with Crippen LogP contribution in [0.3, 0.4) is 0 Å². The van der Waals surface area contributed by atoms with Crippen LogP contribution in [0.15, 0.2) is 40.0 Å². The summed E-state index contributed by atoms with van der Waals surface area (Å²) in [6.07, 6.45) is 1.68. The molecular formula is C16H19N7O3S. The monoisotopic (exact) mass is 389 g/mol. The lowest BCUT2D eigenvalue weighted by Gasteiger charge is -2.29. The normalized spacial score (nSPS) is 17.8. The molecule has 0 spiro atoms. The highest BCUT2D eigenvalue weighted by atomic mass is 32.2. The molecule has 0 saturated heterocycles. The van der Waals surface area contributed by atoms with Crippen molar-refractivity contribution >= 4 is 10.0 Å². The summed E-state index contributed by atoms with van der Waals surface area (Å²) in [4.78, 5) is 6.72. The Morgan fingerprint density at radius 3 is 3.04 bits per heavy atom. The molecule has 1 atom stereocenters. The van der Waals surface area contributed by atoms with E-state index in [1.807, 2.05) is 11.6 Å². The molecule has 11 heteroatoms. The standard InChI is InChI=1S/C16H19N7O3S/c1-3-18-27(24,25)12-6-4-5-11(7-12)15-19-16(26-21-15)13-8-23-10-17-20-14(23)9-22(13)2/h4-7,10,13,18H,3,8-9H2,1-2H3. The Labute approximate surface area is 156 Å². The zero-order valence-electron chi connectivity index (χ0n) is 14.9. The maximum Gasteiger partial charge on any atom is 0.246 e. The summed E-state index contributed by atoms with van der Waals surface area (Å²) >= 11 is 0. The second-order valence-corrected chi connectivity index (χ2v) is 8.08. The van der Waals surface area contributed by atoms with Crippen molar-refractivity contribution in [2.24, 2.45) is 0 Å². The predicted octanol–water partition coefficient (Wildman–Crippen LogP) is 0.813. The second-order valence-electron chi connectivity index (χ2n) is 6.32. The van der Waals surface area contributed by atoms with Crippen molar-refractivity contribution in [3.05, 3.63) is 42.3 Å². The smallest absolute Gasteiger partial charge is 0.246 e. The van der Waals surface area contributed by atoms with Crippen molar-refractivity contribution in [3.63, 3.8) is 0 Å². The van der Waals surface area contributed by atoms with E-state index >= 15 is 0 Å². The molecule has 1 aliphatic rings. The fourth-order valence-corrected chi connectivity index (χ4v) is 4.13. The van der Waals surface area contributed by atoms with E-state index in [2.05, 4.69) is 30.0 Å². The summed E-state index contributed by atoms with van der Waals surface area (Å²) < 4.78 is 34.3. The lowest BCUT2D eigenvalue weighted by molar-refractivity contribution is 0.139. The summed E-state index contributed by atoms with van der Waals surface area (Å²) in [5.74, 6) is 1.70. The molecule has 27 heavy (non-hydrogen) atoms. The summed E-state index contributed by atoms with van der Waals surface area (Å²) in [6.45, 7) is 3.28. The minimum Gasteiger partial charge on any atom is -0.337 e. The van der Waals surface area contributed by atoms with Crippen molar-refractivity contribution in [1.82, 2.24) is 34.5 Å². The van der Waals surface area contributed by atoms with Crippen LogP contribution < -0.4 is 4.72 Å². The van der Waals surface area contributed by atoms with Gasteiger partial charge in [-0.15, -0.1) is 10.2 Å². The number of fused-ring (bicyclic) bond motifs is 1. The van der Waals surface area contributed by atoms with Gasteiger partial charge in [-0.3, -0.25) is 4.90 Å². The first-order valence-electron chi connectivity index (χ1n) is 8.48. The fraction of sp³-hybridized carbons (Fsp3) is 0.375. The number of nitrogens with one attached hydrogen (secondary N) is 1. The molecule has 10 nitrogen and oxygen atoms in total. The molecule has 0 aliphatic carbocycles. The molecule has 0 saturated carbocycles. The number of hydrogen-bond acceptors (Lipinski definition) is 8. The van der Waals surface area contributed by atoms with Crippen LogP contribution >= 0.6 is 0 Å². The lowest BCUT2D eigenvalue weighted by Crippen LogP contribution is -2.34. The van der Waals surface area contributed by atoms with Crippen molar-refractivity contribution in [3.8, 4) is 11.4 Å². The Morgan fingerprint density at radius 2 is 2.22 bits per heavy atom. The van der Waals surface area contributed by atoms with Crippen LogP contribution in [-0.2, 0) is 23.1 Å². The van der Waals surface area contributed by atoms with Gasteiger partial charge in [-0.1, -0.05) is 24.2 Å². The van der Waals surface area contributed by atoms with Gasteiger partial charge in [0.15, 0.2) is 0 Å². The molecule has 0 radical (unpaired) electrons. The number of sulfonamides is 1. The van der Waals surface area contributed by atoms with Gasteiger partial charge in [-0.2, -0.15) is 4.98 Å². The molecule has 4 rings (SSSR count). The van der Waals surface area contributed by atoms with E-state index in [0.29, 0.717) is 36.9 Å². The Morgan fingerprint density at radius 1 is 1.37 bits per heavy atom. The van der Waals surface area contributed by atoms with Gasteiger partial charge in [0.2, 0.25) is 21.7 Å². The number of aromatic nitrogens is 5. The number of hydrogen-bond donors (Lipinski definition) is 1. The van der Waals surface area contributed by atoms with Crippen LogP contribution in [0.5, 0.6) is 0 Å². The fourth-order valence-electron chi connectivity index (χ4n) is 3.04. The van der Waals surface area contributed by atoms with Crippen LogP contribution in [0.1, 0.15) is 24.7 Å². The summed E-state index contributed by atoms with van der Waals surface area (Å²) in [5.41, 5.74) is 0.576. The number of likely N-dealkylation sites (N-methyl/N-ethyl adjacent to an activating group) is 1. The Bertz CT molecular complexity index is 1060. The van der Waals surface area contributed by atoms with E-state index in [1.54, 1.807) is 25.4 Å². The van der Waals surface area contributed by atoms with Crippen LogP contribution in [0, 0.1) is 0 Å². The van der Waals surface area contributed by atoms with E-state index in [-0.39, 0.29) is 10.9 Å². The maximum absolute atomic E-state index is 12.2. The summed E-state index contributed by atoms with van der Waals surface area (Å²) in [7, 11) is -1.60. The number of rotatable bonds is 5. The van der Waals surface area contributed by atoms with Gasteiger partial charge in [0, 0.05) is 18.7 Å². The zero-order valence-corrected chi connectivity index (χ0v) is 15.7. The van der Waals surface area contributed by atoms with Crippen molar-refractivity contribution in [1.29, 1.82) is 0 Å². The van der Waals surface area contributed by atoms with Gasteiger partial charge < -0.3 is 9.09 Å². The van der Waals surface area contributed by atoms with Gasteiger partial charge in [0.25, 0.3) is 0 Å². The number of benzene rings is 1. The predicted molar refractivity (Wildman–Crippen MR) is 94.8 cm³/mol. The van der Waals surface area contributed by atoms with Gasteiger partial charge >= 0.3 is 0 Å². The van der Waals surface area contributed by atoms with E-state index in [0.717, 1.165) is 5.82 Å². The van der Waals surface area contributed by atoms with E-state index < -0.39 is 10.0 Å². The lowest BCUT2D eigenvalue weighted by atomic mass is 10.2. The molecule has 2 aromatic heterocycles. The third-order valence-corrected chi connectivity index (χ3v) is 6.00. The van der Waals surface area contributed by atoms with Crippen LogP contribution in [0.2, 0.25) is 0 Å². The first-order chi connectivity index (χ1) is 13.0.